The average Bonchev–Trinajstić information content (AvgIpc) is 2.38. The van der Waals surface area contributed by atoms with Crippen LogP contribution in [-0.4, -0.2) is 8.42 Å². The summed E-state index contributed by atoms with van der Waals surface area (Å²) in [6.07, 6.45) is 0. The molecule has 0 spiro atoms. The van der Waals surface area contributed by atoms with Crippen LogP contribution in [0.3, 0.4) is 0 Å². The van der Waals surface area contributed by atoms with E-state index in [2.05, 4.69) is 0 Å². The summed E-state index contributed by atoms with van der Waals surface area (Å²) in [7, 11) is -3.74. The summed E-state index contributed by atoms with van der Waals surface area (Å²) < 4.78 is 25.8. The molecule has 0 saturated heterocycles. The molecule has 2 aromatic carbocycles. The number of nitriles is 1. The monoisotopic (exact) mass is 299 g/mol. The summed E-state index contributed by atoms with van der Waals surface area (Å²) in [5, 5.41) is 8.20. The summed E-state index contributed by atoms with van der Waals surface area (Å²) in [6.45, 7) is 5.47. The minimum atomic E-state index is -3.74. The van der Waals surface area contributed by atoms with Gasteiger partial charge in [-0.15, -0.1) is 0 Å². The van der Waals surface area contributed by atoms with E-state index in [1.54, 1.807) is 44.2 Å². The first kappa shape index (κ1) is 15.3. The predicted molar refractivity (Wildman–Crippen MR) is 82.6 cm³/mol. The highest BCUT2D eigenvalue weighted by molar-refractivity contribution is 7.92. The van der Waals surface area contributed by atoms with E-state index in [1.807, 2.05) is 25.1 Å². The number of sulfone groups is 1. The van der Waals surface area contributed by atoms with Crippen LogP contribution in [0, 0.1) is 32.1 Å². The van der Waals surface area contributed by atoms with Gasteiger partial charge in [-0.25, -0.2) is 8.42 Å². The number of benzene rings is 2. The Morgan fingerprint density at radius 2 is 1.52 bits per heavy atom. The number of hydrogen-bond acceptors (Lipinski definition) is 3. The summed E-state index contributed by atoms with van der Waals surface area (Å²) >= 11 is 0. The molecule has 0 heterocycles. The van der Waals surface area contributed by atoms with Gasteiger partial charge in [-0.1, -0.05) is 48.0 Å². The van der Waals surface area contributed by atoms with Crippen LogP contribution < -0.4 is 0 Å². The fraction of sp³-hybridized carbons (Fsp3) is 0.235. The SMILES string of the molecule is Cc1cc(C)c(S(=O)(=O)C(C#N)c2ccccc2)c(C)c1. The highest BCUT2D eigenvalue weighted by atomic mass is 32.2. The molecular weight excluding hydrogens is 282 g/mol. The van der Waals surface area contributed by atoms with Crippen molar-refractivity contribution in [1.82, 2.24) is 0 Å². The maximum Gasteiger partial charge on any atom is 0.199 e. The molecule has 0 aliphatic carbocycles. The zero-order valence-corrected chi connectivity index (χ0v) is 13.1. The Morgan fingerprint density at radius 1 is 1.00 bits per heavy atom. The van der Waals surface area contributed by atoms with Crippen LogP contribution >= 0.6 is 0 Å². The molecule has 3 nitrogen and oxygen atoms in total. The van der Waals surface area contributed by atoms with Gasteiger partial charge < -0.3 is 0 Å². The Hall–Kier alpha value is -2.12. The molecule has 0 bridgehead atoms. The zero-order chi connectivity index (χ0) is 15.6. The lowest BCUT2D eigenvalue weighted by atomic mass is 10.1. The van der Waals surface area contributed by atoms with Crippen molar-refractivity contribution >= 4 is 9.84 Å². The molecule has 0 radical (unpaired) electrons. The van der Waals surface area contributed by atoms with E-state index < -0.39 is 15.1 Å². The number of rotatable bonds is 3. The van der Waals surface area contributed by atoms with Gasteiger partial charge in [0.25, 0.3) is 0 Å². The zero-order valence-electron chi connectivity index (χ0n) is 12.3. The van der Waals surface area contributed by atoms with Gasteiger partial charge in [0.15, 0.2) is 15.1 Å². The van der Waals surface area contributed by atoms with E-state index in [0.29, 0.717) is 16.7 Å². The summed E-state index contributed by atoms with van der Waals surface area (Å²) in [5.74, 6) is 0. The fourth-order valence-corrected chi connectivity index (χ4v) is 4.59. The Labute approximate surface area is 125 Å². The van der Waals surface area contributed by atoms with E-state index >= 15 is 0 Å². The third-order valence-corrected chi connectivity index (χ3v) is 5.63. The van der Waals surface area contributed by atoms with Crippen molar-refractivity contribution in [2.45, 2.75) is 30.9 Å². The summed E-state index contributed by atoms with van der Waals surface area (Å²) in [4.78, 5) is 0.267. The largest absolute Gasteiger partial charge is 0.222 e. The summed E-state index contributed by atoms with van der Waals surface area (Å²) in [5.41, 5.74) is 2.88. The van der Waals surface area contributed by atoms with Crippen molar-refractivity contribution in [3.05, 3.63) is 64.7 Å². The molecular formula is C17H17NO2S. The molecule has 0 N–H and O–H groups in total. The highest BCUT2D eigenvalue weighted by Gasteiger charge is 2.31. The lowest BCUT2D eigenvalue weighted by Gasteiger charge is -2.16. The molecule has 2 aromatic rings. The van der Waals surface area contributed by atoms with E-state index in [4.69, 9.17) is 0 Å². The lowest BCUT2D eigenvalue weighted by molar-refractivity contribution is 0.590. The number of nitrogens with zero attached hydrogens (tertiary/aromatic N) is 1. The van der Waals surface area contributed by atoms with Crippen LogP contribution in [0.5, 0.6) is 0 Å². The first-order valence-corrected chi connectivity index (χ1v) is 8.19. The molecule has 1 unspecified atom stereocenters. The molecule has 0 aromatic heterocycles. The standard InChI is InChI=1S/C17H17NO2S/c1-12-9-13(2)17(14(3)10-12)21(19,20)16(11-18)15-7-5-4-6-8-15/h4-10,16H,1-3H3. The van der Waals surface area contributed by atoms with Crippen molar-refractivity contribution < 1.29 is 8.42 Å². The van der Waals surface area contributed by atoms with Gasteiger partial charge in [0.2, 0.25) is 0 Å². The minimum absolute atomic E-state index is 0.267. The highest BCUT2D eigenvalue weighted by Crippen LogP contribution is 2.32. The van der Waals surface area contributed by atoms with Crippen molar-refractivity contribution in [1.29, 1.82) is 5.26 Å². The molecule has 0 saturated carbocycles. The maximum absolute atomic E-state index is 12.9. The van der Waals surface area contributed by atoms with Gasteiger partial charge in [-0.05, 0) is 37.5 Å². The topological polar surface area (TPSA) is 57.9 Å². The molecule has 1 atom stereocenters. The van der Waals surface area contributed by atoms with Crippen molar-refractivity contribution in [2.75, 3.05) is 0 Å². The first-order valence-electron chi connectivity index (χ1n) is 6.64. The van der Waals surface area contributed by atoms with Crippen molar-refractivity contribution in [3.63, 3.8) is 0 Å². The van der Waals surface area contributed by atoms with Gasteiger partial charge >= 0.3 is 0 Å². The maximum atomic E-state index is 12.9. The van der Waals surface area contributed by atoms with Gasteiger partial charge in [-0.3, -0.25) is 0 Å². The van der Waals surface area contributed by atoms with Gasteiger partial charge in [0, 0.05) is 0 Å². The molecule has 0 aliphatic rings. The second-order valence-electron chi connectivity index (χ2n) is 5.19. The third kappa shape index (κ3) is 2.84. The van der Waals surface area contributed by atoms with Crippen molar-refractivity contribution in [3.8, 4) is 6.07 Å². The second kappa shape index (κ2) is 5.71. The Morgan fingerprint density at radius 3 is 2.00 bits per heavy atom. The van der Waals surface area contributed by atoms with E-state index in [1.165, 1.54) is 0 Å². The minimum Gasteiger partial charge on any atom is -0.222 e. The van der Waals surface area contributed by atoms with Crippen molar-refractivity contribution in [2.24, 2.45) is 0 Å². The second-order valence-corrected chi connectivity index (χ2v) is 7.16. The Kier molecular flexibility index (Phi) is 4.15. The van der Waals surface area contributed by atoms with Crippen LogP contribution in [0.1, 0.15) is 27.5 Å². The van der Waals surface area contributed by atoms with E-state index in [0.717, 1.165) is 5.56 Å². The smallest absolute Gasteiger partial charge is 0.199 e. The van der Waals surface area contributed by atoms with E-state index in [9.17, 15) is 13.7 Å². The third-order valence-electron chi connectivity index (χ3n) is 3.42. The van der Waals surface area contributed by atoms with Crippen LogP contribution in [0.4, 0.5) is 0 Å². The Bertz CT molecular complexity index is 779. The molecule has 2 rings (SSSR count). The van der Waals surface area contributed by atoms with E-state index in [-0.39, 0.29) is 4.90 Å². The van der Waals surface area contributed by atoms with Crippen LogP contribution in [0.25, 0.3) is 0 Å². The predicted octanol–water partition coefficient (Wildman–Crippen LogP) is 3.65. The van der Waals surface area contributed by atoms with Gasteiger partial charge in [-0.2, -0.15) is 5.26 Å². The van der Waals surface area contributed by atoms with Gasteiger partial charge in [0.1, 0.15) is 0 Å². The molecule has 21 heavy (non-hydrogen) atoms. The molecule has 0 aliphatic heterocycles. The van der Waals surface area contributed by atoms with Crippen LogP contribution in [0.15, 0.2) is 47.4 Å². The summed E-state index contributed by atoms with van der Waals surface area (Å²) in [6, 6.07) is 14.2. The molecule has 4 heteroatoms. The normalized spacial score (nSPS) is 12.7. The lowest BCUT2D eigenvalue weighted by Crippen LogP contribution is -2.15. The molecule has 0 amide bonds. The first-order chi connectivity index (χ1) is 9.87. The number of aryl methyl sites for hydroxylation is 3. The Balaban J connectivity index is 2.65. The molecule has 108 valence electrons. The number of hydrogen-bond donors (Lipinski definition) is 0. The van der Waals surface area contributed by atoms with Crippen LogP contribution in [-0.2, 0) is 9.84 Å². The fourth-order valence-electron chi connectivity index (χ4n) is 2.68. The van der Waals surface area contributed by atoms with Gasteiger partial charge in [0.05, 0.1) is 11.0 Å². The molecule has 0 fully saturated rings. The van der Waals surface area contributed by atoms with Crippen LogP contribution in [0.2, 0.25) is 0 Å². The average molecular weight is 299 g/mol. The quantitative estimate of drug-likeness (QED) is 0.869.